The summed E-state index contributed by atoms with van der Waals surface area (Å²) in [6.07, 6.45) is 0.125. The van der Waals surface area contributed by atoms with Crippen LogP contribution >= 0.6 is 11.6 Å². The fourth-order valence-electron chi connectivity index (χ4n) is 3.93. The Morgan fingerprint density at radius 1 is 1.12 bits per heavy atom. The van der Waals surface area contributed by atoms with Crippen molar-refractivity contribution in [2.75, 3.05) is 13.1 Å². The van der Waals surface area contributed by atoms with Crippen molar-refractivity contribution in [3.8, 4) is 5.69 Å². The van der Waals surface area contributed by atoms with E-state index in [-0.39, 0.29) is 35.6 Å². The van der Waals surface area contributed by atoms with Crippen LogP contribution in [0.3, 0.4) is 0 Å². The molecule has 3 heterocycles. The van der Waals surface area contributed by atoms with Gasteiger partial charge in [0.2, 0.25) is 5.91 Å². The molecular weight excluding hydrogens is 471 g/mol. The van der Waals surface area contributed by atoms with Crippen LogP contribution in [0.5, 0.6) is 0 Å². The Morgan fingerprint density at radius 3 is 2.53 bits per heavy atom. The van der Waals surface area contributed by atoms with E-state index in [2.05, 4.69) is 15.4 Å². The van der Waals surface area contributed by atoms with Gasteiger partial charge in [-0.2, -0.15) is 18.3 Å². The van der Waals surface area contributed by atoms with Crippen LogP contribution < -0.4 is 5.32 Å². The van der Waals surface area contributed by atoms with Crippen LogP contribution in [0.4, 0.5) is 13.2 Å². The van der Waals surface area contributed by atoms with E-state index in [1.54, 1.807) is 18.5 Å². The minimum Gasteiger partial charge on any atom is -0.352 e. The van der Waals surface area contributed by atoms with E-state index in [4.69, 9.17) is 11.6 Å². The molecule has 0 spiro atoms. The first-order valence-electron chi connectivity index (χ1n) is 10.6. The zero-order valence-corrected chi connectivity index (χ0v) is 18.7. The lowest BCUT2D eigenvalue weighted by Crippen LogP contribution is -2.43. The molecule has 1 fully saturated rings. The number of hydrogen-bond acceptors (Lipinski definition) is 4. The fraction of sp³-hybridized carbons (Fsp3) is 0.304. The highest BCUT2D eigenvalue weighted by Gasteiger charge is 2.42. The molecule has 2 aromatic heterocycles. The quantitative estimate of drug-likeness (QED) is 0.582. The maximum Gasteiger partial charge on any atom is 0.434 e. The van der Waals surface area contributed by atoms with E-state index >= 15 is 0 Å². The second-order valence-electron chi connectivity index (χ2n) is 7.94. The second-order valence-corrected chi connectivity index (χ2v) is 8.38. The normalized spacial score (nSPS) is 14.8. The van der Waals surface area contributed by atoms with Crippen molar-refractivity contribution in [2.24, 2.45) is 5.92 Å². The minimum absolute atomic E-state index is 0.0999. The topological polar surface area (TPSA) is 80.1 Å². The molecule has 0 unspecified atom stereocenters. The van der Waals surface area contributed by atoms with Gasteiger partial charge in [-0.25, -0.2) is 4.68 Å². The van der Waals surface area contributed by atoms with E-state index < -0.39 is 23.3 Å². The number of nitrogens with zero attached hydrogens (tertiary/aromatic N) is 4. The molecule has 11 heteroatoms. The Labute approximate surface area is 198 Å². The van der Waals surface area contributed by atoms with Gasteiger partial charge in [0, 0.05) is 43.0 Å². The van der Waals surface area contributed by atoms with Crippen molar-refractivity contribution in [1.82, 2.24) is 25.0 Å². The van der Waals surface area contributed by atoms with Gasteiger partial charge >= 0.3 is 6.18 Å². The van der Waals surface area contributed by atoms with Gasteiger partial charge < -0.3 is 10.2 Å². The summed E-state index contributed by atoms with van der Waals surface area (Å²) >= 11 is 5.92. The average molecular weight is 492 g/mol. The van der Waals surface area contributed by atoms with E-state index in [1.165, 1.54) is 29.2 Å². The Bertz CT molecular complexity index is 1170. The van der Waals surface area contributed by atoms with E-state index in [1.807, 2.05) is 6.07 Å². The number of carbonyl (C=O) groups is 2. The van der Waals surface area contributed by atoms with Gasteiger partial charge in [0.05, 0.1) is 17.4 Å². The fourth-order valence-corrected chi connectivity index (χ4v) is 4.12. The number of amides is 2. The Hall–Kier alpha value is -3.40. The zero-order valence-electron chi connectivity index (χ0n) is 17.9. The summed E-state index contributed by atoms with van der Waals surface area (Å²) in [5.41, 5.74) is -0.731. The van der Waals surface area contributed by atoms with Crippen molar-refractivity contribution < 1.29 is 22.8 Å². The molecule has 1 aromatic carbocycles. The van der Waals surface area contributed by atoms with Gasteiger partial charge in [-0.15, -0.1) is 0 Å². The molecule has 0 saturated carbocycles. The van der Waals surface area contributed by atoms with Gasteiger partial charge in [-0.05, 0) is 42.7 Å². The van der Waals surface area contributed by atoms with Crippen LogP contribution in [0.15, 0.2) is 55.0 Å². The molecule has 178 valence electrons. The molecule has 1 N–H and O–H groups in total. The molecule has 4 rings (SSSR count). The number of nitrogens with one attached hydrogen (secondary N) is 1. The number of carbonyl (C=O) groups excluding carboxylic acids is 2. The predicted octanol–water partition coefficient (Wildman–Crippen LogP) is 4.11. The Balaban J connectivity index is 1.44. The van der Waals surface area contributed by atoms with Crippen molar-refractivity contribution in [3.63, 3.8) is 0 Å². The number of alkyl halides is 3. The third kappa shape index (κ3) is 5.22. The molecule has 0 atom stereocenters. The number of piperidine rings is 1. The Kier molecular flexibility index (Phi) is 6.87. The maximum absolute atomic E-state index is 13.9. The third-order valence-electron chi connectivity index (χ3n) is 5.66. The highest BCUT2D eigenvalue weighted by molar-refractivity contribution is 6.30. The molecule has 1 aliphatic heterocycles. The third-order valence-corrected chi connectivity index (χ3v) is 5.90. The first-order chi connectivity index (χ1) is 16.2. The number of likely N-dealkylation sites (tertiary alicyclic amines) is 1. The van der Waals surface area contributed by atoms with Crippen molar-refractivity contribution in [2.45, 2.75) is 25.6 Å². The van der Waals surface area contributed by atoms with Crippen LogP contribution in [0, 0.1) is 5.92 Å². The number of halogens is 4. The Morgan fingerprint density at radius 2 is 1.88 bits per heavy atom. The van der Waals surface area contributed by atoms with Gasteiger partial charge in [0.15, 0.2) is 5.69 Å². The zero-order chi connectivity index (χ0) is 24.3. The highest BCUT2D eigenvalue weighted by atomic mass is 35.5. The maximum atomic E-state index is 13.9. The predicted molar refractivity (Wildman–Crippen MR) is 118 cm³/mol. The molecule has 34 heavy (non-hydrogen) atoms. The number of benzene rings is 1. The molecule has 0 aliphatic carbocycles. The van der Waals surface area contributed by atoms with Gasteiger partial charge in [-0.1, -0.05) is 23.7 Å². The lowest BCUT2D eigenvalue weighted by atomic mass is 9.95. The van der Waals surface area contributed by atoms with E-state index in [9.17, 15) is 22.8 Å². The first kappa shape index (κ1) is 23.7. The van der Waals surface area contributed by atoms with Gasteiger partial charge in [0.25, 0.3) is 5.91 Å². The van der Waals surface area contributed by atoms with Crippen LogP contribution in [-0.2, 0) is 17.5 Å². The average Bonchev–Trinajstić information content (AvgIpc) is 3.29. The molecular formula is C23H21ClF3N5O2. The van der Waals surface area contributed by atoms with Gasteiger partial charge in [0.1, 0.15) is 0 Å². The summed E-state index contributed by atoms with van der Waals surface area (Å²) in [5.74, 6) is -1.24. The lowest BCUT2D eigenvalue weighted by Gasteiger charge is -2.31. The summed E-state index contributed by atoms with van der Waals surface area (Å²) in [4.78, 5) is 30.8. The molecule has 0 bridgehead atoms. The summed E-state index contributed by atoms with van der Waals surface area (Å²) in [6.45, 7) is 0.677. The molecule has 7 nitrogen and oxygen atoms in total. The first-order valence-corrected chi connectivity index (χ1v) is 11.0. The summed E-state index contributed by atoms with van der Waals surface area (Å²) in [7, 11) is 0. The molecule has 2 amide bonds. The van der Waals surface area contributed by atoms with Crippen molar-refractivity contribution in [1.29, 1.82) is 0 Å². The highest BCUT2D eigenvalue weighted by Crippen LogP contribution is 2.35. The molecule has 3 aromatic rings. The molecule has 1 aliphatic rings. The molecule has 0 radical (unpaired) electrons. The van der Waals surface area contributed by atoms with Crippen molar-refractivity contribution >= 4 is 23.4 Å². The SMILES string of the molecule is O=C(NCc1cccnc1)C1CCN(C(=O)c2cnn(-c3cccc(Cl)c3)c2C(F)(F)F)CC1. The second kappa shape index (κ2) is 9.84. The number of pyridine rings is 1. The molecule has 1 saturated heterocycles. The van der Waals surface area contributed by atoms with Gasteiger partial charge in [-0.3, -0.25) is 14.6 Å². The monoisotopic (exact) mass is 491 g/mol. The summed E-state index contributed by atoms with van der Waals surface area (Å²) in [6, 6.07) is 9.42. The minimum atomic E-state index is -4.81. The van der Waals surface area contributed by atoms with Crippen molar-refractivity contribution in [3.05, 3.63) is 76.8 Å². The lowest BCUT2D eigenvalue weighted by molar-refractivity contribution is -0.143. The van der Waals surface area contributed by atoms with Crippen LogP contribution in [0.2, 0.25) is 5.02 Å². The standard InChI is InChI=1S/C23H21ClF3N5O2/c24-17-4-1-5-18(11-17)32-20(23(25,26)27)19(14-30-32)22(34)31-9-6-16(7-10-31)21(33)29-13-15-3-2-8-28-12-15/h1-5,8,11-12,14,16H,6-7,9-10,13H2,(H,29,33). The largest absolute Gasteiger partial charge is 0.434 e. The number of hydrogen-bond donors (Lipinski definition) is 1. The van der Waals surface area contributed by atoms with Crippen LogP contribution in [0.25, 0.3) is 5.69 Å². The number of aromatic nitrogens is 3. The number of rotatable bonds is 5. The van der Waals surface area contributed by atoms with E-state index in [0.29, 0.717) is 24.1 Å². The van der Waals surface area contributed by atoms with E-state index in [0.717, 1.165) is 11.8 Å². The smallest absolute Gasteiger partial charge is 0.352 e. The summed E-state index contributed by atoms with van der Waals surface area (Å²) < 4.78 is 42.5. The van der Waals surface area contributed by atoms with Crippen LogP contribution in [0.1, 0.15) is 34.5 Å². The summed E-state index contributed by atoms with van der Waals surface area (Å²) in [5, 5.41) is 6.92. The van der Waals surface area contributed by atoms with Crippen LogP contribution in [-0.4, -0.2) is 44.6 Å².